The van der Waals surface area contributed by atoms with Crippen LogP contribution in [0.5, 0.6) is 23.0 Å². The lowest BCUT2D eigenvalue weighted by atomic mass is 9.95. The second-order valence-corrected chi connectivity index (χ2v) is 8.89. The number of aromatic hydroxyl groups is 1. The van der Waals surface area contributed by atoms with Gasteiger partial charge < -0.3 is 24.6 Å². The normalized spacial score (nSPS) is 14.2. The van der Waals surface area contributed by atoms with Crippen LogP contribution in [0, 0.1) is 0 Å². The number of carbonyl (C=O) groups is 1. The van der Waals surface area contributed by atoms with E-state index in [1.165, 1.54) is 17.8 Å². The lowest BCUT2D eigenvalue weighted by molar-refractivity contribution is 0.0932. The minimum Gasteiger partial charge on any atom is -0.507 e. The van der Waals surface area contributed by atoms with Crippen LogP contribution in [0.4, 0.5) is 0 Å². The Morgan fingerprint density at radius 1 is 1.03 bits per heavy atom. The van der Waals surface area contributed by atoms with Gasteiger partial charge in [-0.1, -0.05) is 18.2 Å². The minimum absolute atomic E-state index is 0.105. The molecular formula is C27H27NO6S. The average Bonchev–Trinajstić information content (AvgIpc) is 3.11. The second-order valence-electron chi connectivity index (χ2n) is 8.04. The van der Waals surface area contributed by atoms with Crippen LogP contribution in [0.25, 0.3) is 11.1 Å². The maximum atomic E-state index is 13.1. The highest BCUT2D eigenvalue weighted by Crippen LogP contribution is 2.50. The Hall–Kier alpha value is -3.65. The number of fused-ring (bicyclic) bond motifs is 3. The molecule has 0 fully saturated rings. The van der Waals surface area contributed by atoms with Gasteiger partial charge in [0.25, 0.3) is 5.91 Å². The topological polar surface area (TPSA) is 94.1 Å². The number of aryl methyl sites for hydroxylation is 1. The fourth-order valence-corrected chi connectivity index (χ4v) is 4.98. The molecule has 0 aliphatic heterocycles. The van der Waals surface area contributed by atoms with E-state index in [1.54, 1.807) is 51.7 Å². The number of rotatable bonds is 6. The summed E-state index contributed by atoms with van der Waals surface area (Å²) in [5, 5.41) is 13.2. The van der Waals surface area contributed by atoms with Gasteiger partial charge in [-0.3, -0.25) is 9.59 Å². The van der Waals surface area contributed by atoms with Gasteiger partial charge in [-0.2, -0.15) is 0 Å². The molecule has 0 radical (unpaired) electrons. The standard InChI is InChI=1S/C27H27NO6S/c1-32-22-13-15-9-11-19(28-27(31)17-7-5-6-8-20(17)29)18-14-21(30)23(35-4)12-10-16(18)24(15)26(34-3)25(22)33-2/h5-8,10,12-14,19,29H,9,11H2,1-4H3,(H,28,31)/t19-/m0/s1. The number of phenolic OH excluding ortho intramolecular Hbond substituents is 1. The van der Waals surface area contributed by atoms with E-state index in [4.69, 9.17) is 14.2 Å². The molecule has 0 saturated carbocycles. The summed E-state index contributed by atoms with van der Waals surface area (Å²) >= 11 is 1.36. The molecular weight excluding hydrogens is 466 g/mol. The molecule has 35 heavy (non-hydrogen) atoms. The highest BCUT2D eigenvalue weighted by atomic mass is 32.2. The molecule has 0 spiro atoms. The van der Waals surface area contributed by atoms with Crippen molar-refractivity contribution >= 4 is 17.7 Å². The molecule has 2 N–H and O–H groups in total. The molecule has 7 nitrogen and oxygen atoms in total. The van der Waals surface area contributed by atoms with Crippen LogP contribution in [0.1, 0.15) is 33.9 Å². The minimum atomic E-state index is -0.485. The van der Waals surface area contributed by atoms with Crippen LogP contribution in [0.2, 0.25) is 0 Å². The number of phenols is 1. The van der Waals surface area contributed by atoms with Crippen LogP contribution in [-0.2, 0) is 6.42 Å². The van der Waals surface area contributed by atoms with Gasteiger partial charge in [0.05, 0.1) is 37.8 Å². The van der Waals surface area contributed by atoms with Crippen molar-refractivity contribution in [3.63, 3.8) is 0 Å². The van der Waals surface area contributed by atoms with Crippen molar-refractivity contribution in [1.29, 1.82) is 0 Å². The third-order valence-electron chi connectivity index (χ3n) is 6.17. The van der Waals surface area contributed by atoms with Gasteiger partial charge in [-0.25, -0.2) is 0 Å². The fraction of sp³-hybridized carbons (Fsp3) is 0.259. The zero-order valence-electron chi connectivity index (χ0n) is 20.0. The third kappa shape index (κ3) is 4.53. The predicted octanol–water partition coefficient (Wildman–Crippen LogP) is 4.58. The molecule has 182 valence electrons. The van der Waals surface area contributed by atoms with E-state index in [1.807, 2.05) is 18.4 Å². The van der Waals surface area contributed by atoms with Crippen molar-refractivity contribution in [2.45, 2.75) is 23.8 Å². The summed E-state index contributed by atoms with van der Waals surface area (Å²) < 4.78 is 17.0. The smallest absolute Gasteiger partial charge is 0.255 e. The summed E-state index contributed by atoms with van der Waals surface area (Å²) in [6.45, 7) is 0. The quantitative estimate of drug-likeness (QED) is 0.485. The number of methoxy groups -OCH3 is 3. The van der Waals surface area contributed by atoms with Gasteiger partial charge >= 0.3 is 0 Å². The zero-order valence-corrected chi connectivity index (χ0v) is 20.8. The molecule has 3 aromatic rings. The number of amides is 1. The van der Waals surface area contributed by atoms with Crippen LogP contribution < -0.4 is 25.0 Å². The molecule has 1 amide bonds. The Morgan fingerprint density at radius 3 is 2.43 bits per heavy atom. The van der Waals surface area contributed by atoms with Gasteiger partial charge in [0.1, 0.15) is 5.75 Å². The van der Waals surface area contributed by atoms with Crippen molar-refractivity contribution in [3.8, 4) is 34.1 Å². The molecule has 1 aliphatic carbocycles. The SMILES string of the molecule is COc1cc2c(c(OC)c1OC)-c1ccc(SC)c(=O)cc1[C@@H](NC(=O)c1ccccc1O)CC2. The highest BCUT2D eigenvalue weighted by Gasteiger charge is 2.30. The summed E-state index contributed by atoms with van der Waals surface area (Å²) in [4.78, 5) is 26.7. The van der Waals surface area contributed by atoms with Crippen molar-refractivity contribution in [1.82, 2.24) is 5.32 Å². The first-order valence-corrected chi connectivity index (χ1v) is 12.3. The molecule has 3 aromatic carbocycles. The van der Waals surface area contributed by atoms with Crippen molar-refractivity contribution < 1.29 is 24.1 Å². The maximum Gasteiger partial charge on any atom is 0.255 e. The molecule has 4 rings (SSSR count). The molecule has 0 aromatic heterocycles. The van der Waals surface area contributed by atoms with E-state index in [0.717, 1.165) is 16.7 Å². The molecule has 0 heterocycles. The lowest BCUT2D eigenvalue weighted by Gasteiger charge is -2.20. The first-order valence-electron chi connectivity index (χ1n) is 11.1. The zero-order chi connectivity index (χ0) is 25.1. The molecule has 0 saturated heterocycles. The number of hydrogen-bond acceptors (Lipinski definition) is 7. The summed E-state index contributed by atoms with van der Waals surface area (Å²) in [5.74, 6) is 0.966. The molecule has 1 atom stereocenters. The summed E-state index contributed by atoms with van der Waals surface area (Å²) in [6.07, 6.45) is 2.96. The van der Waals surface area contributed by atoms with Gasteiger partial charge in [-0.15, -0.1) is 11.8 Å². The first-order chi connectivity index (χ1) is 16.9. The van der Waals surface area contributed by atoms with Crippen LogP contribution in [0.15, 0.2) is 58.2 Å². The number of nitrogens with one attached hydrogen (secondary N) is 1. The van der Waals surface area contributed by atoms with Crippen molar-refractivity contribution in [2.24, 2.45) is 0 Å². The third-order valence-corrected chi connectivity index (χ3v) is 6.95. The molecule has 0 bridgehead atoms. The van der Waals surface area contributed by atoms with E-state index in [-0.39, 0.29) is 16.7 Å². The van der Waals surface area contributed by atoms with Gasteiger partial charge in [0.15, 0.2) is 16.9 Å². The molecule has 0 unspecified atom stereocenters. The number of benzene rings is 2. The number of thioether (sulfide) groups is 1. The second kappa shape index (κ2) is 10.3. The Morgan fingerprint density at radius 2 is 1.77 bits per heavy atom. The average molecular weight is 494 g/mol. The fourth-order valence-electron chi connectivity index (χ4n) is 4.52. The monoisotopic (exact) mass is 493 g/mol. The summed E-state index contributed by atoms with van der Waals surface area (Å²) in [6, 6.07) is 13.1. The maximum absolute atomic E-state index is 13.1. The van der Waals surface area contributed by atoms with Crippen LogP contribution >= 0.6 is 11.8 Å². The highest BCUT2D eigenvalue weighted by molar-refractivity contribution is 7.98. The Bertz CT molecular complexity index is 1340. The van der Waals surface area contributed by atoms with E-state index in [2.05, 4.69) is 5.32 Å². The number of para-hydroxylation sites is 1. The first kappa shape index (κ1) is 24.5. The van der Waals surface area contributed by atoms with Crippen molar-refractivity contribution in [2.75, 3.05) is 27.6 Å². The number of carbonyl (C=O) groups excluding carboxylic acids is 1. The largest absolute Gasteiger partial charge is 0.507 e. The summed E-state index contributed by atoms with van der Waals surface area (Å²) in [5.41, 5.74) is 3.21. The van der Waals surface area contributed by atoms with Crippen molar-refractivity contribution in [3.05, 3.63) is 75.4 Å². The van der Waals surface area contributed by atoms with Crippen LogP contribution in [0.3, 0.4) is 0 Å². The predicted molar refractivity (Wildman–Crippen MR) is 136 cm³/mol. The van der Waals surface area contributed by atoms with Gasteiger partial charge in [0, 0.05) is 5.56 Å². The number of ether oxygens (including phenoxy) is 3. The Labute approximate surface area is 208 Å². The van der Waals surface area contributed by atoms with Gasteiger partial charge in [-0.05, 0) is 66.1 Å². The van der Waals surface area contributed by atoms with Crippen LogP contribution in [-0.4, -0.2) is 38.6 Å². The molecule has 1 aliphatic rings. The lowest BCUT2D eigenvalue weighted by Crippen LogP contribution is -2.29. The summed E-state index contributed by atoms with van der Waals surface area (Å²) in [7, 11) is 4.68. The Balaban J connectivity index is 1.95. The number of hydrogen-bond donors (Lipinski definition) is 2. The Kier molecular flexibility index (Phi) is 7.21. The van der Waals surface area contributed by atoms with E-state index >= 15 is 0 Å². The van der Waals surface area contributed by atoms with Gasteiger partial charge in [0.2, 0.25) is 5.75 Å². The van der Waals surface area contributed by atoms with E-state index in [9.17, 15) is 14.7 Å². The van der Waals surface area contributed by atoms with E-state index in [0.29, 0.717) is 40.5 Å². The van der Waals surface area contributed by atoms with E-state index < -0.39 is 11.9 Å². The molecule has 8 heteroatoms.